The van der Waals surface area contributed by atoms with Gasteiger partial charge in [0.05, 0.1) is 10.9 Å². The van der Waals surface area contributed by atoms with Gasteiger partial charge in [-0.3, -0.25) is 19.1 Å². The Bertz CT molecular complexity index is 862. The molecule has 0 spiro atoms. The van der Waals surface area contributed by atoms with Crippen molar-refractivity contribution in [3.05, 3.63) is 45.1 Å². The molecule has 0 saturated carbocycles. The van der Waals surface area contributed by atoms with E-state index in [0.717, 1.165) is 32.5 Å². The minimum atomic E-state index is -0.468. The molecule has 25 heavy (non-hydrogen) atoms. The molecular weight excluding hydrogens is 320 g/mol. The number of aromatic amines is 1. The Kier molecular flexibility index (Phi) is 5.33. The Morgan fingerprint density at radius 1 is 1.24 bits per heavy atom. The molecule has 1 aromatic carbocycles. The zero-order chi connectivity index (χ0) is 17.8. The van der Waals surface area contributed by atoms with Gasteiger partial charge in [0.15, 0.2) is 0 Å². The first-order valence-electron chi connectivity index (χ1n) is 8.74. The number of nitrogens with zero attached hydrogens (tertiary/aromatic N) is 2. The Labute approximate surface area is 145 Å². The van der Waals surface area contributed by atoms with Gasteiger partial charge in [-0.2, -0.15) is 0 Å². The number of H-pyrrole nitrogens is 1. The van der Waals surface area contributed by atoms with Crippen molar-refractivity contribution in [2.45, 2.75) is 25.8 Å². The van der Waals surface area contributed by atoms with Gasteiger partial charge >= 0.3 is 5.69 Å². The summed E-state index contributed by atoms with van der Waals surface area (Å²) in [6.45, 7) is 2.80. The van der Waals surface area contributed by atoms with Crippen LogP contribution in [0.1, 0.15) is 19.3 Å². The molecule has 1 aliphatic rings. The number of carbonyl (C=O) groups excluding carboxylic acids is 1. The molecule has 1 saturated heterocycles. The molecule has 2 aromatic rings. The monoisotopic (exact) mass is 344 g/mol. The fourth-order valence-electron chi connectivity index (χ4n) is 3.51. The highest BCUT2D eigenvalue weighted by Gasteiger charge is 2.22. The lowest BCUT2D eigenvalue weighted by Crippen LogP contribution is -2.41. The number of nitrogens with one attached hydrogen (secondary N) is 2. The van der Waals surface area contributed by atoms with Crippen LogP contribution in [-0.4, -0.2) is 47.0 Å². The summed E-state index contributed by atoms with van der Waals surface area (Å²) in [5.74, 6) is 0.685. The third-order valence-corrected chi connectivity index (χ3v) is 4.91. The van der Waals surface area contributed by atoms with Crippen LogP contribution in [-0.2, 0) is 11.3 Å². The maximum Gasteiger partial charge on any atom is 0.328 e. The molecule has 0 radical (unpaired) electrons. The van der Waals surface area contributed by atoms with Crippen molar-refractivity contribution in [3.8, 4) is 0 Å². The van der Waals surface area contributed by atoms with Crippen molar-refractivity contribution in [3.63, 3.8) is 0 Å². The number of hydrogen-bond donors (Lipinski definition) is 2. The largest absolute Gasteiger partial charge is 0.343 e. The third kappa shape index (κ3) is 3.82. The van der Waals surface area contributed by atoms with Gasteiger partial charge in [0.1, 0.15) is 0 Å². The molecular formula is C18H24N4O3. The zero-order valence-electron chi connectivity index (χ0n) is 14.5. The fraction of sp³-hybridized carbons (Fsp3) is 0.500. The van der Waals surface area contributed by atoms with Gasteiger partial charge in [0.2, 0.25) is 5.91 Å². The maximum atomic E-state index is 12.5. The second kappa shape index (κ2) is 7.65. The summed E-state index contributed by atoms with van der Waals surface area (Å²) in [6, 6.07) is 6.96. The van der Waals surface area contributed by atoms with E-state index < -0.39 is 11.2 Å². The van der Waals surface area contributed by atoms with E-state index in [2.05, 4.69) is 10.3 Å². The number of benzene rings is 1. The Morgan fingerprint density at radius 2 is 1.96 bits per heavy atom. The third-order valence-electron chi connectivity index (χ3n) is 4.91. The standard InChI is InChI=1S/C18H24N4O3/c1-19-12-13-6-9-21(10-7-13)16(23)8-11-22-15-5-3-2-4-14(15)17(24)20-18(22)25/h2-5,13,19H,6-12H2,1H3,(H,20,24,25). The molecule has 0 unspecified atom stereocenters. The van der Waals surface area contributed by atoms with Crippen LogP contribution < -0.4 is 16.6 Å². The van der Waals surface area contributed by atoms with E-state index in [9.17, 15) is 14.4 Å². The van der Waals surface area contributed by atoms with Gasteiger partial charge in [0, 0.05) is 26.1 Å². The summed E-state index contributed by atoms with van der Waals surface area (Å²) in [5, 5.41) is 3.65. The smallest absolute Gasteiger partial charge is 0.328 e. The molecule has 1 fully saturated rings. The van der Waals surface area contributed by atoms with Crippen LogP contribution in [0, 0.1) is 5.92 Å². The minimum Gasteiger partial charge on any atom is -0.343 e. The first-order chi connectivity index (χ1) is 12.1. The van der Waals surface area contributed by atoms with E-state index in [-0.39, 0.29) is 18.9 Å². The van der Waals surface area contributed by atoms with E-state index in [1.54, 1.807) is 24.3 Å². The highest BCUT2D eigenvalue weighted by atomic mass is 16.2. The molecule has 0 bridgehead atoms. The van der Waals surface area contributed by atoms with Crippen molar-refractivity contribution in [1.82, 2.24) is 19.8 Å². The molecule has 134 valence electrons. The molecule has 7 heteroatoms. The van der Waals surface area contributed by atoms with E-state index in [4.69, 9.17) is 0 Å². The van der Waals surface area contributed by atoms with Crippen molar-refractivity contribution >= 4 is 16.8 Å². The van der Waals surface area contributed by atoms with E-state index >= 15 is 0 Å². The normalized spacial score (nSPS) is 15.6. The van der Waals surface area contributed by atoms with Crippen molar-refractivity contribution < 1.29 is 4.79 Å². The van der Waals surface area contributed by atoms with Gasteiger partial charge < -0.3 is 10.2 Å². The Morgan fingerprint density at radius 3 is 2.68 bits per heavy atom. The van der Waals surface area contributed by atoms with Gasteiger partial charge in [-0.25, -0.2) is 4.79 Å². The van der Waals surface area contributed by atoms with Gasteiger partial charge in [-0.1, -0.05) is 12.1 Å². The lowest BCUT2D eigenvalue weighted by molar-refractivity contribution is -0.132. The van der Waals surface area contributed by atoms with Crippen LogP contribution in [0.25, 0.3) is 10.9 Å². The van der Waals surface area contributed by atoms with Crippen LogP contribution in [0.4, 0.5) is 0 Å². The van der Waals surface area contributed by atoms with Crippen molar-refractivity contribution in [2.75, 3.05) is 26.7 Å². The number of aryl methyl sites for hydroxylation is 1. The molecule has 1 amide bonds. The average molecular weight is 344 g/mol. The highest BCUT2D eigenvalue weighted by Crippen LogP contribution is 2.17. The van der Waals surface area contributed by atoms with Crippen molar-refractivity contribution in [1.29, 1.82) is 0 Å². The van der Waals surface area contributed by atoms with Crippen LogP contribution >= 0.6 is 0 Å². The number of fused-ring (bicyclic) bond motifs is 1. The fourth-order valence-corrected chi connectivity index (χ4v) is 3.51. The number of piperidine rings is 1. The average Bonchev–Trinajstić information content (AvgIpc) is 2.62. The van der Waals surface area contributed by atoms with E-state index in [0.29, 0.717) is 16.8 Å². The predicted molar refractivity (Wildman–Crippen MR) is 96.7 cm³/mol. The molecule has 0 atom stereocenters. The van der Waals surface area contributed by atoms with Crippen LogP contribution in [0.15, 0.2) is 33.9 Å². The SMILES string of the molecule is CNCC1CCN(C(=O)CCn2c(=O)[nH]c(=O)c3ccccc32)CC1. The van der Waals surface area contributed by atoms with Crippen LogP contribution in [0.5, 0.6) is 0 Å². The number of rotatable bonds is 5. The molecule has 2 N–H and O–H groups in total. The molecule has 7 nitrogen and oxygen atoms in total. The quantitative estimate of drug-likeness (QED) is 0.829. The molecule has 1 aromatic heterocycles. The summed E-state index contributed by atoms with van der Waals surface area (Å²) < 4.78 is 1.47. The lowest BCUT2D eigenvalue weighted by Gasteiger charge is -2.32. The molecule has 3 rings (SSSR count). The summed E-state index contributed by atoms with van der Waals surface area (Å²) >= 11 is 0. The summed E-state index contributed by atoms with van der Waals surface area (Å²) in [5.41, 5.74) is -0.296. The topological polar surface area (TPSA) is 87.2 Å². The number of likely N-dealkylation sites (tertiary alicyclic amines) is 1. The van der Waals surface area contributed by atoms with E-state index in [1.807, 2.05) is 11.9 Å². The lowest BCUT2D eigenvalue weighted by atomic mass is 9.96. The van der Waals surface area contributed by atoms with Crippen LogP contribution in [0.2, 0.25) is 0 Å². The molecule has 1 aliphatic heterocycles. The van der Waals surface area contributed by atoms with Crippen LogP contribution in [0.3, 0.4) is 0 Å². The highest BCUT2D eigenvalue weighted by molar-refractivity contribution is 5.79. The number of aromatic nitrogens is 2. The van der Waals surface area contributed by atoms with Gasteiger partial charge in [-0.05, 0) is 44.5 Å². The number of amides is 1. The van der Waals surface area contributed by atoms with Gasteiger partial charge in [0.25, 0.3) is 5.56 Å². The van der Waals surface area contributed by atoms with E-state index in [1.165, 1.54) is 4.57 Å². The summed E-state index contributed by atoms with van der Waals surface area (Å²) in [7, 11) is 1.95. The summed E-state index contributed by atoms with van der Waals surface area (Å²) in [6.07, 6.45) is 2.27. The van der Waals surface area contributed by atoms with Gasteiger partial charge in [-0.15, -0.1) is 0 Å². The second-order valence-electron chi connectivity index (χ2n) is 6.56. The Hall–Kier alpha value is -2.41. The first kappa shape index (κ1) is 17.4. The van der Waals surface area contributed by atoms with Crippen molar-refractivity contribution in [2.24, 2.45) is 5.92 Å². The predicted octanol–water partition coefficient (Wildman–Crippen LogP) is 0.538. The summed E-state index contributed by atoms with van der Waals surface area (Å²) in [4.78, 5) is 40.7. The number of carbonyl (C=O) groups is 1. The Balaban J connectivity index is 1.68. The zero-order valence-corrected chi connectivity index (χ0v) is 14.5. The number of hydrogen-bond acceptors (Lipinski definition) is 4. The molecule has 2 heterocycles. The first-order valence-corrected chi connectivity index (χ1v) is 8.74. The molecule has 0 aliphatic carbocycles. The minimum absolute atomic E-state index is 0.0603. The second-order valence-corrected chi connectivity index (χ2v) is 6.56. The number of para-hydroxylation sites is 1. The maximum absolute atomic E-state index is 12.5.